The van der Waals surface area contributed by atoms with Crippen LogP contribution in [0.3, 0.4) is 0 Å². The Bertz CT molecular complexity index is 995. The number of carbonyl (C=O) groups excluding carboxylic acids is 1. The maximum Gasteiger partial charge on any atom is 0.263 e. The summed E-state index contributed by atoms with van der Waals surface area (Å²) in [5.74, 6) is -0.246. The van der Waals surface area contributed by atoms with Crippen LogP contribution in [0.4, 0.5) is 10.8 Å². The van der Waals surface area contributed by atoms with Gasteiger partial charge in [-0.2, -0.15) is 5.10 Å². The van der Waals surface area contributed by atoms with Crippen LogP contribution in [0.25, 0.3) is 0 Å². The Morgan fingerprint density at radius 1 is 1.23 bits per heavy atom. The summed E-state index contributed by atoms with van der Waals surface area (Å²) >= 11 is 1.19. The molecule has 26 heavy (non-hydrogen) atoms. The summed E-state index contributed by atoms with van der Waals surface area (Å²) < 4.78 is 28.5. The Morgan fingerprint density at radius 3 is 2.54 bits per heavy atom. The van der Waals surface area contributed by atoms with Gasteiger partial charge in [-0.15, -0.1) is 11.3 Å². The van der Waals surface area contributed by atoms with Crippen LogP contribution in [0, 0.1) is 6.92 Å². The molecule has 3 aromatic rings. The molecule has 1 aromatic carbocycles. The van der Waals surface area contributed by atoms with Gasteiger partial charge in [-0.05, 0) is 44.2 Å². The van der Waals surface area contributed by atoms with Crippen molar-refractivity contribution in [1.29, 1.82) is 0 Å². The number of amides is 1. The number of carbonyl (C=O) groups is 1. The first-order valence-corrected chi connectivity index (χ1v) is 10.1. The molecular weight excluding hydrogens is 374 g/mol. The molecule has 0 bridgehead atoms. The maximum absolute atomic E-state index is 12.3. The highest BCUT2D eigenvalue weighted by Gasteiger charge is 2.18. The van der Waals surface area contributed by atoms with Crippen LogP contribution in [0.15, 0.2) is 53.0 Å². The fraction of sp³-hybridized carbons (Fsp3) is 0.188. The minimum absolute atomic E-state index is 0.0847. The second kappa shape index (κ2) is 7.26. The predicted molar refractivity (Wildman–Crippen MR) is 99.7 cm³/mol. The summed E-state index contributed by atoms with van der Waals surface area (Å²) in [6.45, 7) is 3.58. The lowest BCUT2D eigenvalue weighted by atomic mass is 10.2. The Balaban J connectivity index is 1.68. The number of sulfonamides is 1. The molecule has 1 atom stereocenters. The lowest BCUT2D eigenvalue weighted by Gasteiger charge is -2.13. The Morgan fingerprint density at radius 2 is 1.96 bits per heavy atom. The van der Waals surface area contributed by atoms with Crippen LogP contribution in [0.1, 0.15) is 18.7 Å². The molecule has 0 saturated heterocycles. The van der Waals surface area contributed by atoms with Gasteiger partial charge < -0.3 is 5.32 Å². The van der Waals surface area contributed by atoms with Gasteiger partial charge in [-0.3, -0.25) is 14.2 Å². The summed E-state index contributed by atoms with van der Waals surface area (Å²) in [6, 6.07) is 7.25. The van der Waals surface area contributed by atoms with Crippen LogP contribution in [-0.2, 0) is 14.8 Å². The first-order valence-electron chi connectivity index (χ1n) is 7.70. The van der Waals surface area contributed by atoms with Gasteiger partial charge >= 0.3 is 0 Å². The number of aromatic nitrogens is 3. The molecule has 0 aliphatic heterocycles. The van der Waals surface area contributed by atoms with Gasteiger partial charge in [0, 0.05) is 23.5 Å². The number of anilines is 2. The molecular formula is C16H17N5O3S2. The summed E-state index contributed by atoms with van der Waals surface area (Å²) in [4.78, 5) is 16.3. The van der Waals surface area contributed by atoms with Gasteiger partial charge in [-0.25, -0.2) is 13.4 Å². The molecule has 0 aliphatic rings. The van der Waals surface area contributed by atoms with Crippen molar-refractivity contribution in [3.8, 4) is 0 Å². The molecule has 0 aliphatic carbocycles. The SMILES string of the molecule is Cc1ccn(C(C)C(=O)Nc2ccc(S(=O)(=O)Nc3nccs3)cc2)n1. The zero-order valence-corrected chi connectivity index (χ0v) is 15.7. The highest BCUT2D eigenvalue weighted by Crippen LogP contribution is 2.20. The van der Waals surface area contributed by atoms with Crippen molar-refractivity contribution in [3.63, 3.8) is 0 Å². The van der Waals surface area contributed by atoms with E-state index in [2.05, 4.69) is 20.1 Å². The molecule has 2 aromatic heterocycles. The standard InChI is InChI=1S/C16H17N5O3S2/c1-11-7-9-21(19-11)12(2)15(22)18-13-3-5-14(6-4-13)26(23,24)20-16-17-8-10-25-16/h3-10,12H,1-2H3,(H,17,20)(H,18,22). The first kappa shape index (κ1) is 18.1. The van der Waals surface area contributed by atoms with E-state index in [-0.39, 0.29) is 10.8 Å². The highest BCUT2D eigenvalue weighted by atomic mass is 32.2. The first-order chi connectivity index (χ1) is 12.3. The molecule has 0 saturated carbocycles. The minimum Gasteiger partial charge on any atom is -0.324 e. The second-order valence-electron chi connectivity index (χ2n) is 5.57. The summed E-state index contributed by atoms with van der Waals surface area (Å²) in [7, 11) is -3.71. The number of hydrogen-bond donors (Lipinski definition) is 2. The third-order valence-electron chi connectivity index (χ3n) is 3.60. The van der Waals surface area contributed by atoms with Crippen molar-refractivity contribution < 1.29 is 13.2 Å². The summed E-state index contributed by atoms with van der Waals surface area (Å²) in [6.07, 6.45) is 3.25. The molecule has 0 spiro atoms. The van der Waals surface area contributed by atoms with Crippen LogP contribution in [0.2, 0.25) is 0 Å². The third kappa shape index (κ3) is 4.09. The molecule has 136 valence electrons. The van der Waals surface area contributed by atoms with Crippen molar-refractivity contribution in [1.82, 2.24) is 14.8 Å². The largest absolute Gasteiger partial charge is 0.324 e. The van der Waals surface area contributed by atoms with Crippen LogP contribution in [0.5, 0.6) is 0 Å². The van der Waals surface area contributed by atoms with Gasteiger partial charge in [0.25, 0.3) is 10.0 Å². The van der Waals surface area contributed by atoms with Gasteiger partial charge in [0.15, 0.2) is 5.13 Å². The normalized spacial score (nSPS) is 12.5. The average Bonchev–Trinajstić information content (AvgIpc) is 3.26. The molecule has 10 heteroatoms. The third-order valence-corrected chi connectivity index (χ3v) is 5.78. The van der Waals surface area contributed by atoms with Crippen molar-refractivity contribution in [2.75, 3.05) is 10.0 Å². The molecule has 1 amide bonds. The van der Waals surface area contributed by atoms with Crippen molar-refractivity contribution in [2.45, 2.75) is 24.8 Å². The zero-order valence-electron chi connectivity index (χ0n) is 14.1. The van der Waals surface area contributed by atoms with E-state index >= 15 is 0 Å². The lowest BCUT2D eigenvalue weighted by molar-refractivity contribution is -0.119. The minimum atomic E-state index is -3.71. The fourth-order valence-electron chi connectivity index (χ4n) is 2.18. The van der Waals surface area contributed by atoms with E-state index in [1.54, 1.807) is 23.2 Å². The quantitative estimate of drug-likeness (QED) is 0.672. The molecule has 0 radical (unpaired) electrons. The van der Waals surface area contributed by atoms with E-state index in [1.165, 1.54) is 41.8 Å². The number of thiazole rings is 1. The molecule has 2 heterocycles. The van der Waals surface area contributed by atoms with Crippen molar-refractivity contribution >= 4 is 38.1 Å². The molecule has 3 rings (SSSR count). The Labute approximate surface area is 154 Å². The van der Waals surface area contributed by atoms with E-state index in [9.17, 15) is 13.2 Å². The topological polar surface area (TPSA) is 106 Å². The summed E-state index contributed by atoms with van der Waals surface area (Å²) in [5.41, 5.74) is 1.32. The van der Waals surface area contributed by atoms with Crippen LogP contribution in [-0.4, -0.2) is 29.1 Å². The number of nitrogens with zero attached hydrogens (tertiary/aromatic N) is 3. The van der Waals surface area contributed by atoms with Gasteiger partial charge in [-0.1, -0.05) is 0 Å². The maximum atomic E-state index is 12.3. The van der Waals surface area contributed by atoms with E-state index in [0.717, 1.165) is 5.69 Å². The number of aryl methyl sites for hydroxylation is 1. The molecule has 8 nitrogen and oxygen atoms in total. The number of hydrogen-bond acceptors (Lipinski definition) is 6. The van der Waals surface area contributed by atoms with Gasteiger partial charge in [0.2, 0.25) is 5.91 Å². The number of rotatable bonds is 6. The summed E-state index contributed by atoms with van der Waals surface area (Å²) in [5, 5.41) is 8.94. The highest BCUT2D eigenvalue weighted by molar-refractivity contribution is 7.93. The molecule has 2 N–H and O–H groups in total. The van der Waals surface area contributed by atoms with E-state index in [1.807, 2.05) is 13.0 Å². The van der Waals surface area contributed by atoms with E-state index < -0.39 is 16.1 Å². The molecule has 0 fully saturated rings. The average molecular weight is 391 g/mol. The Hall–Kier alpha value is -2.72. The zero-order chi connectivity index (χ0) is 18.7. The Kier molecular flexibility index (Phi) is 5.05. The number of nitrogens with one attached hydrogen (secondary N) is 2. The molecule has 1 unspecified atom stereocenters. The van der Waals surface area contributed by atoms with Crippen LogP contribution >= 0.6 is 11.3 Å². The van der Waals surface area contributed by atoms with Gasteiger partial charge in [0.1, 0.15) is 6.04 Å². The fourth-order valence-corrected chi connectivity index (χ4v) is 3.97. The second-order valence-corrected chi connectivity index (χ2v) is 8.15. The van der Waals surface area contributed by atoms with Crippen molar-refractivity contribution in [3.05, 3.63) is 53.8 Å². The lowest BCUT2D eigenvalue weighted by Crippen LogP contribution is -2.24. The number of benzene rings is 1. The smallest absolute Gasteiger partial charge is 0.263 e. The monoisotopic (exact) mass is 391 g/mol. The van der Waals surface area contributed by atoms with E-state index in [0.29, 0.717) is 10.8 Å². The van der Waals surface area contributed by atoms with Crippen LogP contribution < -0.4 is 10.0 Å². The van der Waals surface area contributed by atoms with Crippen molar-refractivity contribution in [2.24, 2.45) is 0 Å². The predicted octanol–water partition coefficient (Wildman–Crippen LogP) is 2.65. The van der Waals surface area contributed by atoms with E-state index in [4.69, 9.17) is 0 Å². The van der Waals surface area contributed by atoms with Gasteiger partial charge in [0.05, 0.1) is 10.6 Å².